The molecule has 0 saturated heterocycles. The van der Waals surface area contributed by atoms with Crippen LogP contribution in [0.3, 0.4) is 0 Å². The summed E-state index contributed by atoms with van der Waals surface area (Å²) in [7, 11) is -2.55. The summed E-state index contributed by atoms with van der Waals surface area (Å²) in [6, 6.07) is 12.6. The van der Waals surface area contributed by atoms with Gasteiger partial charge in [-0.25, -0.2) is 12.7 Å². The second-order valence-electron chi connectivity index (χ2n) is 5.06. The third kappa shape index (κ3) is 2.61. The molecule has 0 spiro atoms. The highest BCUT2D eigenvalue weighted by atomic mass is 32.2. The normalized spacial score (nSPS) is 15.0. The van der Waals surface area contributed by atoms with Crippen LogP contribution in [0.25, 0.3) is 0 Å². The fourth-order valence-corrected chi connectivity index (χ4v) is 3.98. The first kappa shape index (κ1) is 16.0. The summed E-state index contributed by atoms with van der Waals surface area (Å²) in [5, 5.41) is 2.55. The minimum atomic E-state index is -4.01. The topological polar surface area (TPSA) is 92.8 Å². The molecule has 2 amide bonds. The van der Waals surface area contributed by atoms with Crippen LogP contribution in [0.4, 0.5) is 5.69 Å². The van der Waals surface area contributed by atoms with Gasteiger partial charge in [-0.15, -0.1) is 0 Å². The van der Waals surface area contributed by atoms with Crippen LogP contribution in [0.1, 0.15) is 10.4 Å². The van der Waals surface area contributed by atoms with Gasteiger partial charge in [0.05, 0.1) is 18.4 Å². The van der Waals surface area contributed by atoms with E-state index in [1.54, 1.807) is 30.3 Å². The second kappa shape index (κ2) is 5.97. The number of fused-ring (bicyclic) bond motifs is 1. The molecule has 7 nitrogen and oxygen atoms in total. The number of methoxy groups -OCH3 is 1. The number of ether oxygens (including phenoxy) is 1. The van der Waals surface area contributed by atoms with Gasteiger partial charge in [0.1, 0.15) is 17.2 Å². The number of benzene rings is 2. The fraction of sp³-hybridized carbons (Fsp3) is 0.125. The van der Waals surface area contributed by atoms with E-state index in [0.717, 1.165) is 0 Å². The molecule has 2 aromatic carbocycles. The molecule has 0 fully saturated rings. The Bertz CT molecular complexity index is 924. The van der Waals surface area contributed by atoms with Gasteiger partial charge in [-0.2, -0.15) is 0 Å². The molecular weight excluding hydrogens is 332 g/mol. The smallest absolute Gasteiger partial charge is 0.269 e. The number of para-hydroxylation sites is 2. The first-order valence-electron chi connectivity index (χ1n) is 7.04. The van der Waals surface area contributed by atoms with E-state index in [2.05, 4.69) is 5.32 Å². The van der Waals surface area contributed by atoms with Crippen LogP contribution in [0, 0.1) is 0 Å². The van der Waals surface area contributed by atoms with Crippen LogP contribution in [-0.2, 0) is 14.8 Å². The molecule has 0 aromatic heterocycles. The Morgan fingerprint density at radius 1 is 1.12 bits per heavy atom. The molecule has 1 heterocycles. The maximum atomic E-state index is 12.4. The standard InChI is InChI=1S/C16H14N2O5S/c1-23-13-8-4-3-7-12(13)17-15(19)10-18-16(20)11-6-2-5-9-14(11)24(18,21)22/h2-9H,10H2,1H3,(H,17,19). The van der Waals surface area contributed by atoms with Crippen LogP contribution in [0.15, 0.2) is 53.4 Å². The molecule has 1 N–H and O–H groups in total. The third-order valence-corrected chi connectivity index (χ3v) is 5.37. The molecule has 1 aliphatic heterocycles. The minimum absolute atomic E-state index is 0.0718. The van der Waals surface area contributed by atoms with Crippen molar-refractivity contribution in [2.45, 2.75) is 4.90 Å². The average Bonchev–Trinajstić information content (AvgIpc) is 2.77. The van der Waals surface area contributed by atoms with E-state index in [0.29, 0.717) is 15.7 Å². The lowest BCUT2D eigenvalue weighted by Gasteiger charge is -2.15. The van der Waals surface area contributed by atoms with Crippen LogP contribution in [0.2, 0.25) is 0 Å². The zero-order chi connectivity index (χ0) is 17.3. The van der Waals surface area contributed by atoms with E-state index in [1.807, 2.05) is 0 Å². The Morgan fingerprint density at radius 2 is 1.79 bits per heavy atom. The van der Waals surface area contributed by atoms with E-state index < -0.39 is 28.4 Å². The number of nitrogens with zero attached hydrogens (tertiary/aromatic N) is 1. The van der Waals surface area contributed by atoms with Crippen molar-refractivity contribution in [1.82, 2.24) is 4.31 Å². The highest BCUT2D eigenvalue weighted by Gasteiger charge is 2.41. The molecule has 0 unspecified atom stereocenters. The number of rotatable bonds is 4. The Labute approximate surface area is 138 Å². The Kier molecular flexibility index (Phi) is 3.98. The van der Waals surface area contributed by atoms with Crippen LogP contribution in [-0.4, -0.2) is 38.2 Å². The summed E-state index contributed by atoms with van der Waals surface area (Å²) in [5.74, 6) is -0.908. The number of amides is 2. The van der Waals surface area contributed by atoms with Gasteiger partial charge in [0, 0.05) is 0 Å². The minimum Gasteiger partial charge on any atom is -0.495 e. The Morgan fingerprint density at radius 3 is 2.50 bits per heavy atom. The first-order valence-corrected chi connectivity index (χ1v) is 8.48. The zero-order valence-electron chi connectivity index (χ0n) is 12.7. The maximum absolute atomic E-state index is 12.4. The van der Waals surface area contributed by atoms with Gasteiger partial charge in [0.15, 0.2) is 0 Å². The predicted molar refractivity (Wildman–Crippen MR) is 86.3 cm³/mol. The van der Waals surface area contributed by atoms with Crippen molar-refractivity contribution >= 4 is 27.5 Å². The molecule has 124 valence electrons. The lowest BCUT2D eigenvalue weighted by atomic mass is 10.2. The number of hydrogen-bond donors (Lipinski definition) is 1. The van der Waals surface area contributed by atoms with Crippen molar-refractivity contribution in [2.24, 2.45) is 0 Å². The largest absolute Gasteiger partial charge is 0.495 e. The number of carbonyl (C=O) groups is 2. The van der Waals surface area contributed by atoms with E-state index in [4.69, 9.17) is 4.74 Å². The van der Waals surface area contributed by atoms with Crippen molar-refractivity contribution in [1.29, 1.82) is 0 Å². The number of anilines is 1. The van der Waals surface area contributed by atoms with Crippen molar-refractivity contribution in [3.05, 3.63) is 54.1 Å². The van der Waals surface area contributed by atoms with Gasteiger partial charge in [-0.05, 0) is 24.3 Å². The summed E-state index contributed by atoms with van der Waals surface area (Å²) >= 11 is 0. The molecule has 1 aliphatic rings. The van der Waals surface area contributed by atoms with Gasteiger partial charge >= 0.3 is 0 Å². The third-order valence-electron chi connectivity index (χ3n) is 3.58. The average molecular weight is 346 g/mol. The van der Waals surface area contributed by atoms with Gasteiger partial charge < -0.3 is 10.1 Å². The predicted octanol–water partition coefficient (Wildman–Crippen LogP) is 1.48. The van der Waals surface area contributed by atoms with E-state index in [9.17, 15) is 18.0 Å². The van der Waals surface area contributed by atoms with E-state index in [-0.39, 0.29) is 10.5 Å². The van der Waals surface area contributed by atoms with Gasteiger partial charge in [0.25, 0.3) is 15.9 Å². The number of nitrogens with one attached hydrogen (secondary N) is 1. The van der Waals surface area contributed by atoms with Gasteiger partial charge in [-0.3, -0.25) is 9.59 Å². The van der Waals surface area contributed by atoms with Crippen LogP contribution < -0.4 is 10.1 Å². The summed E-state index contributed by atoms with van der Waals surface area (Å²) in [6.45, 7) is -0.603. The SMILES string of the molecule is COc1ccccc1NC(=O)CN1C(=O)c2ccccc2S1(=O)=O. The lowest BCUT2D eigenvalue weighted by molar-refractivity contribution is -0.116. The Balaban J connectivity index is 1.82. The summed E-state index contributed by atoms with van der Waals surface area (Å²) < 4.78 is 30.5. The molecular formula is C16H14N2O5S. The molecule has 3 rings (SSSR count). The monoisotopic (exact) mass is 346 g/mol. The van der Waals surface area contributed by atoms with Gasteiger partial charge in [0.2, 0.25) is 5.91 Å². The van der Waals surface area contributed by atoms with Crippen molar-refractivity contribution in [3.63, 3.8) is 0 Å². The summed E-state index contributed by atoms with van der Waals surface area (Å²) in [5.41, 5.74) is 0.467. The number of carbonyl (C=O) groups excluding carboxylic acids is 2. The van der Waals surface area contributed by atoms with Crippen molar-refractivity contribution in [2.75, 3.05) is 19.0 Å². The van der Waals surface area contributed by atoms with Crippen molar-refractivity contribution < 1.29 is 22.7 Å². The maximum Gasteiger partial charge on any atom is 0.269 e. The van der Waals surface area contributed by atoms with Crippen molar-refractivity contribution in [3.8, 4) is 5.75 Å². The molecule has 24 heavy (non-hydrogen) atoms. The second-order valence-corrected chi connectivity index (χ2v) is 6.89. The number of hydrogen-bond acceptors (Lipinski definition) is 5. The highest BCUT2D eigenvalue weighted by molar-refractivity contribution is 7.90. The van der Waals surface area contributed by atoms with Crippen LogP contribution in [0.5, 0.6) is 5.75 Å². The Hall–Kier alpha value is -2.87. The van der Waals surface area contributed by atoms with E-state index in [1.165, 1.54) is 25.3 Å². The van der Waals surface area contributed by atoms with Crippen LogP contribution >= 0.6 is 0 Å². The lowest BCUT2D eigenvalue weighted by Crippen LogP contribution is -2.37. The fourth-order valence-electron chi connectivity index (χ4n) is 2.46. The molecule has 2 aromatic rings. The molecule has 0 saturated carbocycles. The number of sulfonamides is 1. The summed E-state index contributed by atoms with van der Waals surface area (Å²) in [4.78, 5) is 24.4. The highest BCUT2D eigenvalue weighted by Crippen LogP contribution is 2.30. The molecule has 8 heteroatoms. The van der Waals surface area contributed by atoms with E-state index >= 15 is 0 Å². The summed E-state index contributed by atoms with van der Waals surface area (Å²) in [6.07, 6.45) is 0. The molecule has 0 aliphatic carbocycles. The molecule has 0 bridgehead atoms. The zero-order valence-corrected chi connectivity index (χ0v) is 13.5. The first-order chi connectivity index (χ1) is 11.4. The molecule has 0 atom stereocenters. The quantitative estimate of drug-likeness (QED) is 0.905. The van der Waals surface area contributed by atoms with Gasteiger partial charge in [-0.1, -0.05) is 24.3 Å². The molecule has 0 radical (unpaired) electrons.